The number of carbonyl (C=O) groups excluding carboxylic acids is 2. The second-order valence-corrected chi connectivity index (χ2v) is 7.87. The Hall–Kier alpha value is -2.33. The van der Waals surface area contributed by atoms with Crippen molar-refractivity contribution in [2.24, 2.45) is 0 Å². The molecular formula is C24H31ClN2O2. The van der Waals surface area contributed by atoms with Crippen molar-refractivity contribution in [3.05, 3.63) is 70.2 Å². The molecule has 0 heterocycles. The molecule has 2 amide bonds. The third kappa shape index (κ3) is 6.33. The van der Waals surface area contributed by atoms with Gasteiger partial charge in [-0.1, -0.05) is 67.9 Å². The van der Waals surface area contributed by atoms with Gasteiger partial charge in [0, 0.05) is 17.6 Å². The molecule has 29 heavy (non-hydrogen) atoms. The summed E-state index contributed by atoms with van der Waals surface area (Å²) in [7, 11) is 0. The summed E-state index contributed by atoms with van der Waals surface area (Å²) in [6, 6.07) is 14.8. The molecular weight excluding hydrogens is 384 g/mol. The van der Waals surface area contributed by atoms with Gasteiger partial charge >= 0.3 is 0 Å². The minimum Gasteiger partial charge on any atom is -0.352 e. The minimum atomic E-state index is -0.529. The number of carbonyl (C=O) groups is 2. The van der Waals surface area contributed by atoms with Crippen LogP contribution in [0.3, 0.4) is 0 Å². The fourth-order valence-electron chi connectivity index (χ4n) is 3.24. The molecule has 1 N–H and O–H groups in total. The van der Waals surface area contributed by atoms with E-state index in [4.69, 9.17) is 11.6 Å². The van der Waals surface area contributed by atoms with E-state index >= 15 is 0 Å². The predicted octanol–water partition coefficient (Wildman–Crippen LogP) is 4.91. The monoisotopic (exact) mass is 414 g/mol. The number of nitrogens with zero attached hydrogens (tertiary/aromatic N) is 1. The highest BCUT2D eigenvalue weighted by molar-refractivity contribution is 6.31. The molecule has 0 aromatic heterocycles. The first-order chi connectivity index (χ1) is 13.9. The highest BCUT2D eigenvalue weighted by Crippen LogP contribution is 2.20. The highest BCUT2D eigenvalue weighted by Gasteiger charge is 2.29. The number of hydrogen-bond donors (Lipinski definition) is 1. The first-order valence-electron chi connectivity index (χ1n) is 10.2. The number of nitrogens with one attached hydrogen (secondary N) is 1. The van der Waals surface area contributed by atoms with Gasteiger partial charge in [0.1, 0.15) is 6.04 Å². The molecule has 0 saturated carbocycles. The van der Waals surface area contributed by atoms with Crippen molar-refractivity contribution in [1.29, 1.82) is 0 Å². The van der Waals surface area contributed by atoms with Gasteiger partial charge in [0.15, 0.2) is 0 Å². The molecule has 0 aliphatic carbocycles. The van der Waals surface area contributed by atoms with Gasteiger partial charge in [0.2, 0.25) is 11.8 Å². The Balaban J connectivity index is 2.33. The van der Waals surface area contributed by atoms with E-state index in [-0.39, 0.29) is 24.3 Å². The maximum atomic E-state index is 13.3. The van der Waals surface area contributed by atoms with Crippen LogP contribution in [0.2, 0.25) is 5.02 Å². The highest BCUT2D eigenvalue weighted by atomic mass is 35.5. The summed E-state index contributed by atoms with van der Waals surface area (Å²) in [4.78, 5) is 28.0. The summed E-state index contributed by atoms with van der Waals surface area (Å²) >= 11 is 6.27. The summed E-state index contributed by atoms with van der Waals surface area (Å²) in [6.45, 7) is 8.35. The average Bonchev–Trinajstić information content (AvgIpc) is 2.70. The molecule has 2 unspecified atom stereocenters. The number of hydrogen-bond acceptors (Lipinski definition) is 2. The van der Waals surface area contributed by atoms with Gasteiger partial charge in [-0.05, 0) is 49.4 Å². The van der Waals surface area contributed by atoms with E-state index in [1.54, 1.807) is 11.0 Å². The fraction of sp³-hybridized carbons (Fsp3) is 0.417. The van der Waals surface area contributed by atoms with Crippen LogP contribution >= 0.6 is 11.6 Å². The molecule has 2 aromatic carbocycles. The van der Waals surface area contributed by atoms with Crippen molar-refractivity contribution in [2.75, 3.05) is 0 Å². The van der Waals surface area contributed by atoms with Crippen LogP contribution in [0.15, 0.2) is 48.5 Å². The maximum absolute atomic E-state index is 13.3. The second kappa shape index (κ2) is 11.0. The lowest BCUT2D eigenvalue weighted by molar-refractivity contribution is -0.141. The van der Waals surface area contributed by atoms with E-state index in [9.17, 15) is 9.59 Å². The summed E-state index contributed by atoms with van der Waals surface area (Å²) < 4.78 is 0. The van der Waals surface area contributed by atoms with Gasteiger partial charge in [0.25, 0.3) is 0 Å². The van der Waals surface area contributed by atoms with E-state index in [2.05, 4.69) is 5.32 Å². The van der Waals surface area contributed by atoms with Gasteiger partial charge < -0.3 is 10.2 Å². The first-order valence-corrected chi connectivity index (χ1v) is 10.6. The zero-order valence-electron chi connectivity index (χ0n) is 17.7. The zero-order valence-corrected chi connectivity index (χ0v) is 18.5. The van der Waals surface area contributed by atoms with E-state index in [1.165, 1.54) is 0 Å². The minimum absolute atomic E-state index is 0.0653. The van der Waals surface area contributed by atoms with E-state index in [0.717, 1.165) is 23.1 Å². The molecule has 0 spiro atoms. The van der Waals surface area contributed by atoms with Crippen molar-refractivity contribution in [2.45, 2.75) is 65.6 Å². The Bertz CT molecular complexity index is 837. The van der Waals surface area contributed by atoms with E-state index < -0.39 is 6.04 Å². The topological polar surface area (TPSA) is 49.4 Å². The lowest BCUT2D eigenvalue weighted by Gasteiger charge is -2.32. The quantitative estimate of drug-likeness (QED) is 0.633. The molecule has 0 fully saturated rings. The van der Waals surface area contributed by atoms with E-state index in [0.29, 0.717) is 18.0 Å². The summed E-state index contributed by atoms with van der Waals surface area (Å²) in [5.74, 6) is -0.213. The maximum Gasteiger partial charge on any atom is 0.243 e. The third-order valence-electron chi connectivity index (χ3n) is 5.29. The number of halogens is 1. The van der Waals surface area contributed by atoms with E-state index in [1.807, 2.05) is 70.2 Å². The lowest BCUT2D eigenvalue weighted by atomic mass is 10.0. The van der Waals surface area contributed by atoms with Gasteiger partial charge in [-0.25, -0.2) is 0 Å². The van der Waals surface area contributed by atoms with Crippen molar-refractivity contribution < 1.29 is 9.59 Å². The van der Waals surface area contributed by atoms with Crippen LogP contribution in [0.4, 0.5) is 0 Å². The fourth-order valence-corrected chi connectivity index (χ4v) is 3.44. The van der Waals surface area contributed by atoms with Gasteiger partial charge in [-0.15, -0.1) is 0 Å². The first kappa shape index (κ1) is 23.0. The Morgan fingerprint density at radius 1 is 1.00 bits per heavy atom. The van der Waals surface area contributed by atoms with Crippen molar-refractivity contribution in [3.63, 3.8) is 0 Å². The Morgan fingerprint density at radius 3 is 2.21 bits per heavy atom. The van der Waals surface area contributed by atoms with Crippen molar-refractivity contribution in [3.8, 4) is 0 Å². The summed E-state index contributed by atoms with van der Waals surface area (Å²) in [5.41, 5.74) is 2.90. The van der Waals surface area contributed by atoms with Crippen LogP contribution in [0.1, 0.15) is 50.3 Å². The molecule has 2 aromatic rings. The number of benzene rings is 2. The van der Waals surface area contributed by atoms with Gasteiger partial charge in [0.05, 0.1) is 6.42 Å². The summed E-state index contributed by atoms with van der Waals surface area (Å²) in [6.07, 6.45) is 1.55. The standard InChI is InChI=1S/C24H31ClN2O2/c1-5-18(4)26-24(29)22(6-2)27(16-20-13-8-7-11-17(20)3)23(28)15-19-12-9-10-14-21(19)25/h7-14,18,22H,5-6,15-16H2,1-4H3,(H,26,29). The molecule has 0 bridgehead atoms. The second-order valence-electron chi connectivity index (χ2n) is 7.46. The van der Waals surface area contributed by atoms with Crippen LogP contribution in [0, 0.1) is 6.92 Å². The molecule has 156 valence electrons. The summed E-state index contributed by atoms with van der Waals surface area (Å²) in [5, 5.41) is 3.60. The number of rotatable bonds is 9. The van der Waals surface area contributed by atoms with Crippen LogP contribution in [-0.4, -0.2) is 28.8 Å². The normalized spacial score (nSPS) is 12.9. The smallest absolute Gasteiger partial charge is 0.243 e. The third-order valence-corrected chi connectivity index (χ3v) is 5.66. The number of aryl methyl sites for hydroxylation is 1. The average molecular weight is 415 g/mol. The largest absolute Gasteiger partial charge is 0.352 e. The van der Waals surface area contributed by atoms with Crippen LogP contribution < -0.4 is 5.32 Å². The lowest BCUT2D eigenvalue weighted by Crippen LogP contribution is -2.51. The Morgan fingerprint density at radius 2 is 1.62 bits per heavy atom. The van der Waals surface area contributed by atoms with Crippen LogP contribution in [-0.2, 0) is 22.6 Å². The molecule has 0 radical (unpaired) electrons. The zero-order chi connectivity index (χ0) is 21.4. The molecule has 4 nitrogen and oxygen atoms in total. The van der Waals surface area contributed by atoms with Crippen molar-refractivity contribution in [1.82, 2.24) is 10.2 Å². The SMILES string of the molecule is CCC(C)NC(=O)C(CC)N(Cc1ccccc1C)C(=O)Cc1ccccc1Cl. The van der Waals surface area contributed by atoms with Gasteiger partial charge in [-0.2, -0.15) is 0 Å². The van der Waals surface area contributed by atoms with Crippen LogP contribution in [0.25, 0.3) is 0 Å². The van der Waals surface area contributed by atoms with Gasteiger partial charge in [-0.3, -0.25) is 9.59 Å². The Labute approximate surface area is 179 Å². The molecule has 5 heteroatoms. The Kier molecular flexibility index (Phi) is 8.71. The predicted molar refractivity (Wildman–Crippen MR) is 119 cm³/mol. The number of amides is 2. The molecule has 0 saturated heterocycles. The van der Waals surface area contributed by atoms with Crippen molar-refractivity contribution >= 4 is 23.4 Å². The molecule has 2 rings (SSSR count). The van der Waals surface area contributed by atoms with Crippen LogP contribution in [0.5, 0.6) is 0 Å². The molecule has 0 aliphatic heterocycles. The molecule has 2 atom stereocenters. The molecule has 0 aliphatic rings.